The van der Waals surface area contributed by atoms with Gasteiger partial charge in [-0.2, -0.15) is 0 Å². The number of halogens is 1. The fourth-order valence-corrected chi connectivity index (χ4v) is 3.49. The van der Waals surface area contributed by atoms with Crippen molar-refractivity contribution in [2.45, 2.75) is 51.5 Å². The summed E-state index contributed by atoms with van der Waals surface area (Å²) in [7, 11) is 0. The summed E-state index contributed by atoms with van der Waals surface area (Å²) in [6.45, 7) is 3.93. The van der Waals surface area contributed by atoms with Crippen LogP contribution >= 0.6 is 11.6 Å². The largest absolute Gasteiger partial charge is 0.369 e. The molecule has 0 radical (unpaired) electrons. The highest BCUT2D eigenvalue weighted by Crippen LogP contribution is 2.32. The van der Waals surface area contributed by atoms with Crippen molar-refractivity contribution in [3.63, 3.8) is 0 Å². The van der Waals surface area contributed by atoms with Crippen molar-refractivity contribution in [2.75, 3.05) is 18.0 Å². The van der Waals surface area contributed by atoms with Crippen LogP contribution in [0.1, 0.15) is 44.6 Å². The Hall–Kier alpha value is -0.730. The summed E-state index contributed by atoms with van der Waals surface area (Å²) in [5.74, 6) is 0. The molecule has 0 atom stereocenters. The molecule has 2 N–H and O–H groups in total. The first-order chi connectivity index (χ1) is 9.27. The zero-order valence-corrected chi connectivity index (χ0v) is 12.6. The van der Waals surface area contributed by atoms with Crippen LogP contribution in [0.5, 0.6) is 0 Å². The fraction of sp³-hybridized carbons (Fsp3) is 0.625. The SMILES string of the molecule is CCN(c1cccc(Cl)c1CCN)C1CCCCC1. The van der Waals surface area contributed by atoms with E-state index >= 15 is 0 Å². The molecule has 0 unspecified atom stereocenters. The average molecular weight is 281 g/mol. The van der Waals surface area contributed by atoms with Gasteiger partial charge < -0.3 is 10.6 Å². The van der Waals surface area contributed by atoms with Gasteiger partial charge in [-0.05, 0) is 50.4 Å². The third-order valence-electron chi connectivity index (χ3n) is 4.15. The van der Waals surface area contributed by atoms with Gasteiger partial charge in [0, 0.05) is 23.3 Å². The Bertz CT molecular complexity index is 400. The monoisotopic (exact) mass is 280 g/mol. The third-order valence-corrected chi connectivity index (χ3v) is 4.51. The van der Waals surface area contributed by atoms with Crippen LogP contribution in [0.2, 0.25) is 5.02 Å². The molecule has 1 aliphatic rings. The van der Waals surface area contributed by atoms with Crippen LogP contribution in [-0.2, 0) is 6.42 Å². The van der Waals surface area contributed by atoms with Gasteiger partial charge in [-0.3, -0.25) is 0 Å². The Morgan fingerprint density at radius 2 is 2.00 bits per heavy atom. The highest BCUT2D eigenvalue weighted by atomic mass is 35.5. The van der Waals surface area contributed by atoms with Gasteiger partial charge in [0.2, 0.25) is 0 Å². The maximum absolute atomic E-state index is 6.37. The molecule has 1 aromatic carbocycles. The molecule has 1 saturated carbocycles. The van der Waals surface area contributed by atoms with E-state index in [-0.39, 0.29) is 0 Å². The number of hydrogen-bond acceptors (Lipinski definition) is 2. The van der Waals surface area contributed by atoms with Crippen molar-refractivity contribution >= 4 is 17.3 Å². The lowest BCUT2D eigenvalue weighted by Crippen LogP contribution is -2.37. The van der Waals surface area contributed by atoms with Crippen LogP contribution in [0.25, 0.3) is 0 Å². The highest BCUT2D eigenvalue weighted by Gasteiger charge is 2.22. The van der Waals surface area contributed by atoms with E-state index in [2.05, 4.69) is 24.0 Å². The lowest BCUT2D eigenvalue weighted by atomic mass is 9.93. The van der Waals surface area contributed by atoms with Gasteiger partial charge in [0.25, 0.3) is 0 Å². The summed E-state index contributed by atoms with van der Waals surface area (Å²) in [5.41, 5.74) is 8.26. The first kappa shape index (κ1) is 14.7. The predicted octanol–water partition coefficient (Wildman–Crippen LogP) is 4.00. The van der Waals surface area contributed by atoms with Gasteiger partial charge in [-0.1, -0.05) is 36.9 Å². The van der Waals surface area contributed by atoms with Crippen molar-refractivity contribution in [1.82, 2.24) is 0 Å². The minimum atomic E-state index is 0.652. The lowest BCUT2D eigenvalue weighted by Gasteiger charge is -2.36. The first-order valence-corrected chi connectivity index (χ1v) is 7.89. The summed E-state index contributed by atoms with van der Waals surface area (Å²) in [5, 5.41) is 0.859. The Morgan fingerprint density at radius 1 is 1.26 bits per heavy atom. The molecule has 1 aliphatic carbocycles. The Balaban J connectivity index is 2.28. The molecule has 106 valence electrons. The molecule has 0 spiro atoms. The molecule has 0 aromatic heterocycles. The van der Waals surface area contributed by atoms with E-state index in [0.29, 0.717) is 12.6 Å². The van der Waals surface area contributed by atoms with Crippen LogP contribution < -0.4 is 10.6 Å². The molecule has 2 rings (SSSR count). The van der Waals surface area contributed by atoms with Crippen molar-refractivity contribution in [1.29, 1.82) is 0 Å². The van der Waals surface area contributed by atoms with Crippen molar-refractivity contribution in [3.05, 3.63) is 28.8 Å². The lowest BCUT2D eigenvalue weighted by molar-refractivity contribution is 0.417. The number of nitrogens with two attached hydrogens (primary N) is 1. The number of rotatable bonds is 5. The summed E-state index contributed by atoms with van der Waals surface area (Å²) in [4.78, 5) is 2.54. The van der Waals surface area contributed by atoms with Gasteiger partial charge in [-0.25, -0.2) is 0 Å². The average Bonchev–Trinajstić information content (AvgIpc) is 2.44. The van der Waals surface area contributed by atoms with E-state index in [1.807, 2.05) is 6.07 Å². The van der Waals surface area contributed by atoms with Crippen LogP contribution in [0.15, 0.2) is 18.2 Å². The normalized spacial score (nSPS) is 16.6. The van der Waals surface area contributed by atoms with Crippen LogP contribution in [0.4, 0.5) is 5.69 Å². The predicted molar refractivity (Wildman–Crippen MR) is 84.1 cm³/mol. The Labute approximate surface area is 121 Å². The molecule has 0 amide bonds. The molecular formula is C16H25ClN2. The van der Waals surface area contributed by atoms with E-state index < -0.39 is 0 Å². The van der Waals surface area contributed by atoms with Gasteiger partial charge in [0.05, 0.1) is 0 Å². The number of benzene rings is 1. The smallest absolute Gasteiger partial charge is 0.0459 e. The third kappa shape index (κ3) is 3.43. The second-order valence-corrected chi connectivity index (χ2v) is 5.76. The molecule has 1 aromatic rings. The van der Waals surface area contributed by atoms with Gasteiger partial charge in [0.1, 0.15) is 0 Å². The van der Waals surface area contributed by atoms with E-state index in [1.165, 1.54) is 43.4 Å². The summed E-state index contributed by atoms with van der Waals surface area (Å²) < 4.78 is 0. The number of hydrogen-bond donors (Lipinski definition) is 1. The summed E-state index contributed by atoms with van der Waals surface area (Å²) in [6.07, 6.45) is 7.57. The maximum Gasteiger partial charge on any atom is 0.0459 e. The molecule has 19 heavy (non-hydrogen) atoms. The Kier molecular flexibility index (Phi) is 5.53. The van der Waals surface area contributed by atoms with Gasteiger partial charge in [-0.15, -0.1) is 0 Å². The molecule has 2 nitrogen and oxygen atoms in total. The van der Waals surface area contributed by atoms with E-state index in [1.54, 1.807) is 0 Å². The van der Waals surface area contributed by atoms with Gasteiger partial charge >= 0.3 is 0 Å². The van der Waals surface area contributed by atoms with Crippen molar-refractivity contribution < 1.29 is 0 Å². The van der Waals surface area contributed by atoms with Crippen molar-refractivity contribution in [2.24, 2.45) is 5.73 Å². The topological polar surface area (TPSA) is 29.3 Å². The standard InChI is InChI=1S/C16H25ClN2/c1-2-19(13-7-4-3-5-8-13)16-10-6-9-15(17)14(16)11-12-18/h6,9-10,13H,2-5,7-8,11-12,18H2,1H3. The maximum atomic E-state index is 6.37. The number of anilines is 1. The quantitative estimate of drug-likeness (QED) is 0.883. The van der Waals surface area contributed by atoms with Crippen LogP contribution in [0, 0.1) is 0 Å². The molecule has 3 heteroatoms. The molecule has 0 saturated heterocycles. The summed E-state index contributed by atoms with van der Waals surface area (Å²) in [6, 6.07) is 6.91. The number of nitrogens with zero attached hydrogens (tertiary/aromatic N) is 1. The molecule has 1 fully saturated rings. The fourth-order valence-electron chi connectivity index (χ4n) is 3.23. The van der Waals surface area contributed by atoms with Crippen molar-refractivity contribution in [3.8, 4) is 0 Å². The Morgan fingerprint density at radius 3 is 2.63 bits per heavy atom. The first-order valence-electron chi connectivity index (χ1n) is 7.52. The van der Waals surface area contributed by atoms with E-state index in [0.717, 1.165) is 18.0 Å². The highest BCUT2D eigenvalue weighted by molar-refractivity contribution is 6.31. The van der Waals surface area contributed by atoms with E-state index in [9.17, 15) is 0 Å². The van der Waals surface area contributed by atoms with E-state index in [4.69, 9.17) is 17.3 Å². The van der Waals surface area contributed by atoms with Crippen LogP contribution in [0.3, 0.4) is 0 Å². The molecule has 0 bridgehead atoms. The molecule has 0 heterocycles. The zero-order valence-electron chi connectivity index (χ0n) is 11.9. The summed E-state index contributed by atoms with van der Waals surface area (Å²) >= 11 is 6.37. The zero-order chi connectivity index (χ0) is 13.7. The van der Waals surface area contributed by atoms with Crippen LogP contribution in [-0.4, -0.2) is 19.1 Å². The molecular weight excluding hydrogens is 256 g/mol. The second kappa shape index (κ2) is 7.16. The molecule has 0 aliphatic heterocycles. The minimum absolute atomic E-state index is 0.652. The van der Waals surface area contributed by atoms with Gasteiger partial charge in [0.15, 0.2) is 0 Å². The second-order valence-electron chi connectivity index (χ2n) is 5.35. The minimum Gasteiger partial charge on any atom is -0.369 e.